The van der Waals surface area contributed by atoms with Crippen molar-refractivity contribution in [1.82, 2.24) is 14.9 Å². The molecule has 0 aliphatic heterocycles. The van der Waals surface area contributed by atoms with Gasteiger partial charge in [-0.25, -0.2) is 23.9 Å². The van der Waals surface area contributed by atoms with Crippen molar-refractivity contribution < 1.29 is 29.0 Å². The molecule has 0 aliphatic rings. The highest BCUT2D eigenvalue weighted by molar-refractivity contribution is 5.80. The molecule has 0 unspecified atom stereocenters. The molecule has 2 rings (SSSR count). The number of hydrogen-bond donors (Lipinski definition) is 2. The minimum Gasteiger partial charge on any atom is -0.480 e. The zero-order valence-electron chi connectivity index (χ0n) is 15.9. The van der Waals surface area contributed by atoms with Crippen molar-refractivity contribution in [3.8, 4) is 0 Å². The van der Waals surface area contributed by atoms with Crippen molar-refractivity contribution in [2.24, 2.45) is 0 Å². The average Bonchev–Trinajstić information content (AvgIpc) is 3.07. The lowest BCUT2D eigenvalue weighted by molar-refractivity contribution is -0.139. The topological polar surface area (TPSA) is 120 Å². The Hall–Kier alpha value is -3.36. The molecule has 0 aliphatic carbocycles. The molecule has 0 saturated heterocycles. The first-order chi connectivity index (χ1) is 13.1. The van der Waals surface area contributed by atoms with E-state index in [2.05, 4.69) is 10.3 Å². The number of carbonyl (C=O) groups is 3. The molecule has 0 fully saturated rings. The maximum absolute atomic E-state index is 12.1. The average molecular weight is 389 g/mol. The van der Waals surface area contributed by atoms with Crippen LogP contribution >= 0.6 is 0 Å². The van der Waals surface area contributed by atoms with E-state index in [-0.39, 0.29) is 13.0 Å². The van der Waals surface area contributed by atoms with E-state index in [1.165, 1.54) is 12.5 Å². The van der Waals surface area contributed by atoms with Gasteiger partial charge in [0.15, 0.2) is 0 Å². The van der Waals surface area contributed by atoms with Gasteiger partial charge in [-0.05, 0) is 26.3 Å². The van der Waals surface area contributed by atoms with Gasteiger partial charge in [0.1, 0.15) is 24.6 Å². The zero-order valence-corrected chi connectivity index (χ0v) is 15.9. The molecular weight excluding hydrogens is 366 g/mol. The summed E-state index contributed by atoms with van der Waals surface area (Å²) in [6, 6.07) is 7.93. The number of rotatable bonds is 6. The zero-order chi connectivity index (χ0) is 20.7. The molecule has 1 atom stereocenters. The number of carbonyl (C=O) groups excluding carboxylic acids is 2. The van der Waals surface area contributed by atoms with Crippen LogP contribution in [0.25, 0.3) is 0 Å². The molecule has 0 saturated carbocycles. The lowest BCUT2D eigenvalue weighted by Gasteiger charge is -2.21. The van der Waals surface area contributed by atoms with Crippen LogP contribution < -0.4 is 5.32 Å². The molecule has 2 N–H and O–H groups in total. The number of imidazole rings is 1. The Morgan fingerprint density at radius 3 is 2.50 bits per heavy atom. The van der Waals surface area contributed by atoms with E-state index >= 15 is 0 Å². The summed E-state index contributed by atoms with van der Waals surface area (Å²) in [6.45, 7) is 5.12. The van der Waals surface area contributed by atoms with E-state index in [0.717, 1.165) is 10.1 Å². The molecule has 9 nitrogen and oxygen atoms in total. The summed E-state index contributed by atoms with van der Waals surface area (Å²) in [6.07, 6.45) is 0.985. The Labute approximate surface area is 162 Å². The summed E-state index contributed by atoms with van der Waals surface area (Å²) in [5.74, 6) is -1.24. The normalized spacial score (nSPS) is 12.1. The molecule has 2 aromatic rings. The summed E-state index contributed by atoms with van der Waals surface area (Å²) in [5.41, 5.74) is 0.390. The molecular formula is C19H23N3O6. The number of alkyl carbamates (subject to hydrolysis) is 1. The predicted octanol–water partition coefficient (Wildman–Crippen LogP) is 2.59. The highest BCUT2D eigenvalue weighted by Gasteiger charge is 2.25. The van der Waals surface area contributed by atoms with Crippen LogP contribution in [0.2, 0.25) is 0 Å². The number of carboxylic acids is 1. The van der Waals surface area contributed by atoms with Crippen molar-refractivity contribution in [1.29, 1.82) is 0 Å². The molecule has 0 radical (unpaired) electrons. The van der Waals surface area contributed by atoms with Crippen molar-refractivity contribution in [3.05, 3.63) is 54.1 Å². The lowest BCUT2D eigenvalue weighted by atomic mass is 10.1. The summed E-state index contributed by atoms with van der Waals surface area (Å²) in [4.78, 5) is 39.3. The van der Waals surface area contributed by atoms with Gasteiger partial charge in [0.25, 0.3) is 0 Å². The fraction of sp³-hybridized carbons (Fsp3) is 0.368. The number of aliphatic carboxylic acids is 1. The molecule has 1 amide bonds. The molecule has 28 heavy (non-hydrogen) atoms. The summed E-state index contributed by atoms with van der Waals surface area (Å²) >= 11 is 0. The number of ether oxygens (including phenoxy) is 2. The van der Waals surface area contributed by atoms with E-state index in [1.807, 2.05) is 30.3 Å². The molecule has 0 bridgehead atoms. The van der Waals surface area contributed by atoms with Gasteiger partial charge in [-0.3, -0.25) is 0 Å². The van der Waals surface area contributed by atoms with Crippen LogP contribution in [0.1, 0.15) is 32.0 Å². The van der Waals surface area contributed by atoms with Crippen molar-refractivity contribution >= 4 is 18.2 Å². The Balaban J connectivity index is 1.94. The minimum absolute atomic E-state index is 0.102. The monoisotopic (exact) mass is 389 g/mol. The van der Waals surface area contributed by atoms with E-state index in [4.69, 9.17) is 9.47 Å². The largest absolute Gasteiger partial charge is 0.480 e. The molecule has 1 aromatic heterocycles. The predicted molar refractivity (Wildman–Crippen MR) is 98.7 cm³/mol. The first kappa shape index (κ1) is 20.9. The van der Waals surface area contributed by atoms with Gasteiger partial charge < -0.3 is 19.9 Å². The van der Waals surface area contributed by atoms with Crippen LogP contribution in [0.4, 0.5) is 9.59 Å². The quantitative estimate of drug-likeness (QED) is 0.779. The number of aromatic nitrogens is 2. The van der Waals surface area contributed by atoms with Crippen LogP contribution in [-0.2, 0) is 27.3 Å². The van der Waals surface area contributed by atoms with Gasteiger partial charge in [0.05, 0.1) is 5.69 Å². The summed E-state index contributed by atoms with van der Waals surface area (Å²) in [7, 11) is 0. The van der Waals surface area contributed by atoms with Crippen molar-refractivity contribution in [3.63, 3.8) is 0 Å². The third-order valence-corrected chi connectivity index (χ3v) is 3.45. The number of nitrogens with zero attached hydrogens (tertiary/aromatic N) is 2. The smallest absolute Gasteiger partial charge is 0.419 e. The highest BCUT2D eigenvalue weighted by Crippen LogP contribution is 2.09. The fourth-order valence-corrected chi connectivity index (χ4v) is 2.22. The highest BCUT2D eigenvalue weighted by atomic mass is 16.6. The van der Waals surface area contributed by atoms with Crippen LogP contribution in [0.3, 0.4) is 0 Å². The Morgan fingerprint density at radius 1 is 1.21 bits per heavy atom. The second-order valence-corrected chi connectivity index (χ2v) is 7.05. The van der Waals surface area contributed by atoms with Crippen LogP contribution in [0, 0.1) is 0 Å². The maximum Gasteiger partial charge on any atom is 0.419 e. The standard InChI is InChI=1S/C19H23N3O6/c1-19(2,3)28-17(25)21-15(16(23)24)9-14-10-22(12-20-14)18(26)27-11-13-7-5-4-6-8-13/h4-8,10,12,15H,9,11H2,1-3H3,(H,21,25)(H,23,24)/t15-/m1/s1. The summed E-state index contributed by atoms with van der Waals surface area (Å²) in [5, 5.41) is 11.6. The Morgan fingerprint density at radius 2 is 1.89 bits per heavy atom. The molecule has 1 aromatic carbocycles. The number of hydrogen-bond acceptors (Lipinski definition) is 6. The molecule has 1 heterocycles. The van der Waals surface area contributed by atoms with Gasteiger partial charge >= 0.3 is 18.2 Å². The molecule has 150 valence electrons. The molecule has 0 spiro atoms. The number of amides is 1. The van der Waals surface area contributed by atoms with E-state index < -0.39 is 29.8 Å². The van der Waals surface area contributed by atoms with Gasteiger partial charge in [0.2, 0.25) is 0 Å². The second kappa shape index (κ2) is 9.03. The third kappa shape index (κ3) is 6.75. The van der Waals surface area contributed by atoms with Gasteiger partial charge in [0, 0.05) is 12.6 Å². The van der Waals surface area contributed by atoms with Gasteiger partial charge in [-0.15, -0.1) is 0 Å². The Kier molecular flexibility index (Phi) is 6.75. The van der Waals surface area contributed by atoms with Crippen LogP contribution in [-0.4, -0.2) is 44.5 Å². The fourth-order valence-electron chi connectivity index (χ4n) is 2.22. The third-order valence-electron chi connectivity index (χ3n) is 3.45. The number of benzene rings is 1. The van der Waals surface area contributed by atoms with Crippen molar-refractivity contribution in [2.45, 2.75) is 45.4 Å². The van der Waals surface area contributed by atoms with Gasteiger partial charge in [-0.1, -0.05) is 30.3 Å². The number of carboxylic acid groups (broad SMARTS) is 1. The summed E-state index contributed by atoms with van der Waals surface area (Å²) < 4.78 is 11.4. The molecule has 9 heteroatoms. The first-order valence-corrected chi connectivity index (χ1v) is 8.60. The van der Waals surface area contributed by atoms with Crippen LogP contribution in [0.5, 0.6) is 0 Å². The number of nitrogens with one attached hydrogen (secondary N) is 1. The van der Waals surface area contributed by atoms with E-state index in [9.17, 15) is 19.5 Å². The van der Waals surface area contributed by atoms with Gasteiger partial charge in [-0.2, -0.15) is 0 Å². The minimum atomic E-state index is -1.25. The second-order valence-electron chi connectivity index (χ2n) is 7.05. The Bertz CT molecular complexity index is 826. The lowest BCUT2D eigenvalue weighted by Crippen LogP contribution is -2.44. The van der Waals surface area contributed by atoms with E-state index in [0.29, 0.717) is 5.69 Å². The SMILES string of the molecule is CC(C)(C)OC(=O)N[C@H](Cc1cn(C(=O)OCc2ccccc2)cn1)C(=O)O. The maximum atomic E-state index is 12.1. The van der Waals surface area contributed by atoms with E-state index in [1.54, 1.807) is 20.8 Å². The van der Waals surface area contributed by atoms with Crippen LogP contribution in [0.15, 0.2) is 42.9 Å². The van der Waals surface area contributed by atoms with Crippen molar-refractivity contribution in [2.75, 3.05) is 0 Å². The first-order valence-electron chi connectivity index (χ1n) is 8.60.